The molecule has 1 aliphatic carbocycles. The Bertz CT molecular complexity index is 794. The first kappa shape index (κ1) is 17.5. The fraction of sp³-hybridized carbons (Fsp3) is 0.524. The Balaban J connectivity index is 1.76. The van der Waals surface area contributed by atoms with Crippen LogP contribution in [0.3, 0.4) is 0 Å². The van der Waals surface area contributed by atoms with Crippen molar-refractivity contribution >= 4 is 17.3 Å². The van der Waals surface area contributed by atoms with Crippen LogP contribution in [0.15, 0.2) is 30.5 Å². The van der Waals surface area contributed by atoms with Crippen LogP contribution in [0.5, 0.6) is 0 Å². The van der Waals surface area contributed by atoms with Gasteiger partial charge in [-0.3, -0.25) is 4.98 Å². The molecule has 1 N–H and O–H groups in total. The Morgan fingerprint density at radius 3 is 2.73 bits per heavy atom. The molecular formula is C21H28N4S. The van der Waals surface area contributed by atoms with Crippen molar-refractivity contribution < 1.29 is 0 Å². The molecule has 0 spiro atoms. The number of aromatic nitrogens is 2. The molecule has 1 saturated heterocycles. The molecule has 0 unspecified atom stereocenters. The molecule has 2 fully saturated rings. The summed E-state index contributed by atoms with van der Waals surface area (Å²) in [5, 5.41) is 4.42. The molecule has 1 saturated carbocycles. The maximum absolute atomic E-state index is 5.74. The lowest BCUT2D eigenvalue weighted by molar-refractivity contribution is 0.311. The lowest BCUT2D eigenvalue weighted by atomic mass is 9.96. The number of unbranched alkanes of at least 4 members (excludes halogenated alkanes) is 1. The third kappa shape index (κ3) is 3.02. The van der Waals surface area contributed by atoms with Crippen molar-refractivity contribution in [3.8, 4) is 0 Å². The molecule has 2 aliphatic rings. The molecule has 0 aromatic carbocycles. The molecule has 0 radical (unpaired) electrons. The maximum Gasteiger partial charge on any atom is 0.170 e. The molecule has 1 aliphatic heterocycles. The topological polar surface area (TPSA) is 33.1 Å². The van der Waals surface area contributed by atoms with Crippen LogP contribution in [-0.2, 0) is 0 Å². The van der Waals surface area contributed by atoms with E-state index in [1.54, 1.807) is 0 Å². The first-order valence-electron chi connectivity index (χ1n) is 9.78. The Hall–Kier alpha value is -1.88. The van der Waals surface area contributed by atoms with E-state index in [-0.39, 0.29) is 12.1 Å². The standard InChI is InChI=1S/C21H28N4S/c1-4-5-12-24-20(17-13-14(2)25(15(17)3)16-9-10-16)19(23-21(24)26)18-8-6-7-11-22-18/h6-8,11,13,16,19-20H,4-5,9-10,12H2,1-3H3,(H,23,26)/t19-,20-/m0/s1. The van der Waals surface area contributed by atoms with E-state index < -0.39 is 0 Å². The second-order valence-electron chi connectivity index (χ2n) is 7.60. The minimum atomic E-state index is 0.105. The van der Waals surface area contributed by atoms with E-state index in [0.29, 0.717) is 6.04 Å². The third-order valence-corrected chi connectivity index (χ3v) is 6.06. The normalized spacial score (nSPS) is 22.7. The van der Waals surface area contributed by atoms with E-state index in [4.69, 9.17) is 12.2 Å². The average Bonchev–Trinajstić information content (AvgIpc) is 3.36. The lowest BCUT2D eigenvalue weighted by Gasteiger charge is -2.28. The Labute approximate surface area is 161 Å². The van der Waals surface area contributed by atoms with Crippen LogP contribution in [0.25, 0.3) is 0 Å². The molecule has 2 aromatic heterocycles. The summed E-state index contributed by atoms with van der Waals surface area (Å²) in [6.45, 7) is 7.73. The number of rotatable bonds is 6. The van der Waals surface area contributed by atoms with Crippen LogP contribution >= 0.6 is 12.2 Å². The summed E-state index contributed by atoms with van der Waals surface area (Å²) in [7, 11) is 0. The first-order valence-corrected chi connectivity index (χ1v) is 10.2. The molecule has 26 heavy (non-hydrogen) atoms. The molecule has 2 atom stereocenters. The maximum atomic E-state index is 5.74. The van der Waals surface area contributed by atoms with Crippen LogP contribution in [0, 0.1) is 13.8 Å². The number of aryl methyl sites for hydroxylation is 1. The summed E-state index contributed by atoms with van der Waals surface area (Å²) in [6, 6.07) is 9.53. The van der Waals surface area contributed by atoms with Gasteiger partial charge in [0.1, 0.15) is 0 Å². The fourth-order valence-corrected chi connectivity index (χ4v) is 4.64. The van der Waals surface area contributed by atoms with E-state index in [9.17, 15) is 0 Å². The minimum absolute atomic E-state index is 0.105. The summed E-state index contributed by atoms with van der Waals surface area (Å²) < 4.78 is 2.53. The summed E-state index contributed by atoms with van der Waals surface area (Å²) >= 11 is 5.74. The van der Waals surface area contributed by atoms with Gasteiger partial charge in [0.2, 0.25) is 0 Å². The highest BCUT2D eigenvalue weighted by Gasteiger charge is 2.41. The summed E-state index contributed by atoms with van der Waals surface area (Å²) in [5.41, 5.74) is 5.22. The average molecular weight is 369 g/mol. The molecule has 2 aromatic rings. The van der Waals surface area contributed by atoms with Gasteiger partial charge in [-0.1, -0.05) is 19.4 Å². The Morgan fingerprint density at radius 2 is 2.08 bits per heavy atom. The highest BCUT2D eigenvalue weighted by atomic mass is 32.1. The van der Waals surface area contributed by atoms with Gasteiger partial charge in [-0.15, -0.1) is 0 Å². The van der Waals surface area contributed by atoms with Gasteiger partial charge >= 0.3 is 0 Å². The Morgan fingerprint density at radius 1 is 1.27 bits per heavy atom. The van der Waals surface area contributed by atoms with Crippen LogP contribution < -0.4 is 5.32 Å². The van der Waals surface area contributed by atoms with Gasteiger partial charge in [0.25, 0.3) is 0 Å². The predicted molar refractivity (Wildman–Crippen MR) is 109 cm³/mol. The number of hydrogen-bond donors (Lipinski definition) is 1. The molecule has 3 heterocycles. The zero-order chi connectivity index (χ0) is 18.3. The summed E-state index contributed by atoms with van der Waals surface area (Å²) in [5.74, 6) is 0. The SMILES string of the molecule is CCCCN1C(=S)N[C@@H](c2ccccn2)[C@@H]1c1cc(C)n(C2CC2)c1C. The second kappa shape index (κ2) is 7.03. The predicted octanol–water partition coefficient (Wildman–Crippen LogP) is 4.61. The first-order chi connectivity index (χ1) is 12.6. The number of thiocarbonyl (C=S) groups is 1. The lowest BCUT2D eigenvalue weighted by Crippen LogP contribution is -2.30. The largest absolute Gasteiger partial charge is 0.352 e. The van der Waals surface area contributed by atoms with Gasteiger partial charge in [-0.25, -0.2) is 0 Å². The van der Waals surface area contributed by atoms with E-state index in [0.717, 1.165) is 23.8 Å². The molecule has 4 nitrogen and oxygen atoms in total. The monoisotopic (exact) mass is 368 g/mol. The van der Waals surface area contributed by atoms with Crippen molar-refractivity contribution in [2.45, 2.75) is 64.6 Å². The molecule has 0 bridgehead atoms. The highest BCUT2D eigenvalue weighted by molar-refractivity contribution is 7.80. The molecule has 4 rings (SSSR count). The van der Waals surface area contributed by atoms with E-state index >= 15 is 0 Å². The van der Waals surface area contributed by atoms with Crippen molar-refractivity contribution in [3.05, 3.63) is 53.1 Å². The minimum Gasteiger partial charge on any atom is -0.352 e. The summed E-state index contributed by atoms with van der Waals surface area (Å²) in [6.07, 6.45) is 6.80. The second-order valence-corrected chi connectivity index (χ2v) is 7.99. The summed E-state index contributed by atoms with van der Waals surface area (Å²) in [4.78, 5) is 7.02. The van der Waals surface area contributed by atoms with E-state index in [2.05, 4.69) is 58.7 Å². The molecular weight excluding hydrogens is 340 g/mol. The zero-order valence-corrected chi connectivity index (χ0v) is 16.7. The van der Waals surface area contributed by atoms with Gasteiger partial charge in [0.05, 0.1) is 17.8 Å². The molecule has 0 amide bonds. The van der Waals surface area contributed by atoms with Gasteiger partial charge in [-0.2, -0.15) is 0 Å². The smallest absolute Gasteiger partial charge is 0.170 e. The van der Waals surface area contributed by atoms with Crippen LogP contribution in [-0.4, -0.2) is 26.1 Å². The van der Waals surface area contributed by atoms with E-state index in [1.165, 1.54) is 36.2 Å². The third-order valence-electron chi connectivity index (χ3n) is 5.70. The Kier molecular flexibility index (Phi) is 4.74. The molecule has 5 heteroatoms. The van der Waals surface area contributed by atoms with E-state index in [1.807, 2.05) is 12.3 Å². The number of nitrogens with one attached hydrogen (secondary N) is 1. The van der Waals surface area contributed by atoms with Crippen LogP contribution in [0.1, 0.15) is 73.4 Å². The van der Waals surface area contributed by atoms with Crippen LogP contribution in [0.4, 0.5) is 0 Å². The number of nitrogens with zero attached hydrogens (tertiary/aromatic N) is 3. The molecule has 138 valence electrons. The van der Waals surface area contributed by atoms with Crippen molar-refractivity contribution in [1.29, 1.82) is 0 Å². The van der Waals surface area contributed by atoms with Crippen molar-refractivity contribution in [2.75, 3.05) is 6.54 Å². The zero-order valence-electron chi connectivity index (χ0n) is 15.9. The number of pyridine rings is 1. The van der Waals surface area contributed by atoms with Crippen molar-refractivity contribution in [3.63, 3.8) is 0 Å². The highest BCUT2D eigenvalue weighted by Crippen LogP contribution is 2.44. The van der Waals surface area contributed by atoms with Gasteiger partial charge in [0.15, 0.2) is 5.11 Å². The van der Waals surface area contributed by atoms with Gasteiger partial charge in [-0.05, 0) is 69.1 Å². The van der Waals surface area contributed by atoms with Crippen LogP contribution in [0.2, 0.25) is 0 Å². The quantitative estimate of drug-likeness (QED) is 0.755. The van der Waals surface area contributed by atoms with Gasteiger partial charge < -0.3 is 14.8 Å². The van der Waals surface area contributed by atoms with Crippen molar-refractivity contribution in [2.24, 2.45) is 0 Å². The van der Waals surface area contributed by atoms with Gasteiger partial charge in [0, 0.05) is 30.2 Å². The number of hydrogen-bond acceptors (Lipinski definition) is 2. The van der Waals surface area contributed by atoms with Crippen molar-refractivity contribution in [1.82, 2.24) is 19.8 Å². The fourth-order valence-electron chi connectivity index (χ4n) is 4.31.